The first-order valence-corrected chi connectivity index (χ1v) is 13.3. The molecular formula is C28H32FN7O2. The fourth-order valence-electron chi connectivity index (χ4n) is 5.86. The summed E-state index contributed by atoms with van der Waals surface area (Å²) in [5.41, 5.74) is 4.36. The van der Waals surface area contributed by atoms with E-state index in [4.69, 9.17) is 4.74 Å². The fraction of sp³-hybridized carbons (Fsp3) is 0.393. The predicted molar refractivity (Wildman–Crippen MR) is 142 cm³/mol. The largest absolute Gasteiger partial charge is 0.448 e. The summed E-state index contributed by atoms with van der Waals surface area (Å²) in [6, 6.07) is 12.9. The van der Waals surface area contributed by atoms with Crippen molar-refractivity contribution < 1.29 is 13.9 Å². The Balaban J connectivity index is 1.26. The summed E-state index contributed by atoms with van der Waals surface area (Å²) in [4.78, 5) is 20.5. The minimum absolute atomic E-state index is 0.0355. The zero-order valence-electron chi connectivity index (χ0n) is 21.2. The standard InChI is InChI=1S/C28H32FN7O2/c29-22-6-4-20(5-7-22)27(34-12-10-30-11-13-34)26(36-14-15-38-28(36)37)3-1-2-21-17-31-25-9-8-23(16-24(21)25)35-18-32-33-19-35/h4-9,16-19,26-27,30-31H,1-3,10-15H2. The number of carbonyl (C=O) groups is 1. The second-order valence-electron chi connectivity index (χ2n) is 9.96. The smallest absolute Gasteiger partial charge is 0.410 e. The van der Waals surface area contributed by atoms with Crippen molar-refractivity contribution in [3.63, 3.8) is 0 Å². The van der Waals surface area contributed by atoms with E-state index in [1.165, 1.54) is 23.1 Å². The molecule has 0 saturated carbocycles. The number of H-pyrrole nitrogens is 1. The number of hydrogen-bond acceptors (Lipinski definition) is 6. The third kappa shape index (κ3) is 5.01. The number of fused-ring (bicyclic) bond motifs is 1. The van der Waals surface area contributed by atoms with Crippen LogP contribution in [0.2, 0.25) is 0 Å². The lowest BCUT2D eigenvalue weighted by Gasteiger charge is -2.42. The van der Waals surface area contributed by atoms with Crippen molar-refractivity contribution in [1.82, 2.24) is 34.9 Å². The van der Waals surface area contributed by atoms with Gasteiger partial charge >= 0.3 is 6.09 Å². The maximum atomic E-state index is 13.8. The number of nitrogens with one attached hydrogen (secondary N) is 2. The van der Waals surface area contributed by atoms with Crippen LogP contribution in [0.3, 0.4) is 0 Å². The van der Waals surface area contributed by atoms with Gasteiger partial charge in [-0.25, -0.2) is 9.18 Å². The number of aromatic nitrogens is 4. The molecule has 0 spiro atoms. The van der Waals surface area contributed by atoms with Crippen LogP contribution in [0.25, 0.3) is 16.6 Å². The Morgan fingerprint density at radius 2 is 1.82 bits per heavy atom. The third-order valence-electron chi connectivity index (χ3n) is 7.73. The lowest BCUT2D eigenvalue weighted by Crippen LogP contribution is -2.52. The van der Waals surface area contributed by atoms with Crippen LogP contribution in [0, 0.1) is 5.82 Å². The molecule has 4 aromatic rings. The second kappa shape index (κ2) is 10.9. The number of aryl methyl sites for hydroxylation is 1. The summed E-state index contributed by atoms with van der Waals surface area (Å²) >= 11 is 0. The van der Waals surface area contributed by atoms with E-state index in [0.29, 0.717) is 13.2 Å². The van der Waals surface area contributed by atoms with Gasteiger partial charge in [0.15, 0.2) is 0 Å². The normalized spacial score (nSPS) is 18.1. The number of amides is 1. The Kier molecular flexibility index (Phi) is 7.06. The Morgan fingerprint density at radius 1 is 1.03 bits per heavy atom. The Morgan fingerprint density at radius 3 is 2.55 bits per heavy atom. The van der Waals surface area contributed by atoms with Crippen molar-refractivity contribution in [3.05, 3.63) is 78.3 Å². The molecule has 1 amide bonds. The van der Waals surface area contributed by atoms with Gasteiger partial charge in [0.25, 0.3) is 0 Å². The van der Waals surface area contributed by atoms with E-state index in [2.05, 4.69) is 43.7 Å². The number of halogens is 1. The number of piperazine rings is 1. The summed E-state index contributed by atoms with van der Waals surface area (Å²) in [6.45, 7) is 4.49. The van der Waals surface area contributed by atoms with Gasteiger partial charge in [0.05, 0.1) is 18.6 Å². The summed E-state index contributed by atoms with van der Waals surface area (Å²) < 4.78 is 21.1. The molecule has 38 heavy (non-hydrogen) atoms. The highest BCUT2D eigenvalue weighted by atomic mass is 19.1. The van der Waals surface area contributed by atoms with Gasteiger partial charge in [0.1, 0.15) is 25.1 Å². The van der Waals surface area contributed by atoms with E-state index >= 15 is 0 Å². The molecule has 2 aliphatic rings. The van der Waals surface area contributed by atoms with Gasteiger partial charge < -0.3 is 15.0 Å². The van der Waals surface area contributed by atoms with E-state index < -0.39 is 0 Å². The first-order chi connectivity index (χ1) is 18.7. The van der Waals surface area contributed by atoms with Gasteiger partial charge in [-0.15, -0.1) is 10.2 Å². The molecule has 2 aromatic heterocycles. The number of ether oxygens (including phenoxy) is 1. The molecule has 2 atom stereocenters. The van der Waals surface area contributed by atoms with Crippen molar-refractivity contribution in [2.24, 2.45) is 0 Å². The second-order valence-corrected chi connectivity index (χ2v) is 9.96. The molecule has 2 aliphatic heterocycles. The summed E-state index contributed by atoms with van der Waals surface area (Å²) in [7, 11) is 0. The molecule has 0 aliphatic carbocycles. The summed E-state index contributed by atoms with van der Waals surface area (Å²) in [5, 5.41) is 12.4. The zero-order valence-corrected chi connectivity index (χ0v) is 21.2. The molecule has 2 aromatic carbocycles. The molecular weight excluding hydrogens is 485 g/mol. The number of benzene rings is 2. The summed E-state index contributed by atoms with van der Waals surface area (Å²) in [5.74, 6) is -0.255. The SMILES string of the molecule is O=C1OCCN1C(CCCc1c[nH]c2ccc(-n3cnnc3)cc12)C(c1ccc(F)cc1)N1CCNCC1. The Hall–Kier alpha value is -3.76. The van der Waals surface area contributed by atoms with Gasteiger partial charge in [-0.1, -0.05) is 12.1 Å². The van der Waals surface area contributed by atoms with Crippen LogP contribution >= 0.6 is 0 Å². The lowest BCUT2D eigenvalue weighted by molar-refractivity contribution is 0.0799. The molecule has 6 rings (SSSR count). The topological polar surface area (TPSA) is 91.3 Å². The molecule has 2 fully saturated rings. The van der Waals surface area contributed by atoms with Crippen LogP contribution in [0.1, 0.15) is 30.0 Å². The minimum Gasteiger partial charge on any atom is -0.448 e. The highest BCUT2D eigenvalue weighted by molar-refractivity contribution is 5.85. The quantitative estimate of drug-likeness (QED) is 0.352. The highest BCUT2D eigenvalue weighted by Gasteiger charge is 2.38. The average molecular weight is 518 g/mol. The Bertz CT molecular complexity index is 1370. The van der Waals surface area contributed by atoms with Crippen LogP contribution in [0.5, 0.6) is 0 Å². The van der Waals surface area contributed by atoms with Gasteiger partial charge in [-0.2, -0.15) is 0 Å². The molecule has 9 nitrogen and oxygen atoms in total. The molecule has 2 N–H and O–H groups in total. The number of carbonyl (C=O) groups excluding carboxylic acids is 1. The first-order valence-electron chi connectivity index (χ1n) is 13.3. The predicted octanol–water partition coefficient (Wildman–Crippen LogP) is 3.68. The molecule has 2 unspecified atom stereocenters. The molecule has 0 bridgehead atoms. The van der Waals surface area contributed by atoms with Crippen LogP contribution in [-0.2, 0) is 11.2 Å². The minimum atomic E-state index is -0.261. The van der Waals surface area contributed by atoms with E-state index in [9.17, 15) is 9.18 Å². The lowest BCUT2D eigenvalue weighted by atomic mass is 9.91. The van der Waals surface area contributed by atoms with E-state index in [1.807, 2.05) is 27.7 Å². The fourth-order valence-corrected chi connectivity index (χ4v) is 5.86. The van der Waals surface area contributed by atoms with Crippen LogP contribution in [0.4, 0.5) is 9.18 Å². The van der Waals surface area contributed by atoms with Gasteiger partial charge in [-0.3, -0.25) is 14.4 Å². The van der Waals surface area contributed by atoms with Crippen LogP contribution in [-0.4, -0.2) is 81.0 Å². The molecule has 10 heteroatoms. The number of rotatable bonds is 9. The molecule has 2 saturated heterocycles. The Labute approximate surface area is 220 Å². The third-order valence-corrected chi connectivity index (χ3v) is 7.73. The maximum absolute atomic E-state index is 13.8. The summed E-state index contributed by atoms with van der Waals surface area (Å²) in [6.07, 6.45) is 7.76. The van der Waals surface area contributed by atoms with E-state index in [1.54, 1.807) is 12.7 Å². The van der Waals surface area contributed by atoms with Crippen molar-refractivity contribution in [2.75, 3.05) is 39.3 Å². The highest BCUT2D eigenvalue weighted by Crippen LogP contribution is 2.33. The number of hydrogen-bond donors (Lipinski definition) is 2. The van der Waals surface area contributed by atoms with Crippen molar-refractivity contribution in [2.45, 2.75) is 31.3 Å². The average Bonchev–Trinajstić information content (AvgIpc) is 3.71. The van der Waals surface area contributed by atoms with Gasteiger partial charge in [-0.05, 0) is 60.7 Å². The van der Waals surface area contributed by atoms with E-state index in [-0.39, 0.29) is 24.0 Å². The van der Waals surface area contributed by atoms with Crippen LogP contribution < -0.4 is 5.32 Å². The molecule has 198 valence electrons. The van der Waals surface area contributed by atoms with Gasteiger partial charge in [0.2, 0.25) is 0 Å². The monoisotopic (exact) mass is 517 g/mol. The van der Waals surface area contributed by atoms with Crippen molar-refractivity contribution in [3.8, 4) is 5.69 Å². The van der Waals surface area contributed by atoms with Crippen molar-refractivity contribution >= 4 is 17.0 Å². The number of nitrogens with zero attached hydrogens (tertiary/aromatic N) is 5. The molecule has 4 heterocycles. The maximum Gasteiger partial charge on any atom is 0.410 e. The number of cyclic esters (lactones) is 1. The molecule has 0 radical (unpaired) electrons. The van der Waals surface area contributed by atoms with Crippen molar-refractivity contribution in [1.29, 1.82) is 0 Å². The van der Waals surface area contributed by atoms with Crippen LogP contribution in [0.15, 0.2) is 61.3 Å². The zero-order chi connectivity index (χ0) is 25.9. The first kappa shape index (κ1) is 24.6. The van der Waals surface area contributed by atoms with Gasteiger partial charge in [0, 0.05) is 49.0 Å². The van der Waals surface area contributed by atoms with E-state index in [0.717, 1.165) is 62.2 Å². The number of aromatic amines is 1.